The van der Waals surface area contributed by atoms with Gasteiger partial charge in [-0.3, -0.25) is 9.63 Å². The maximum atomic E-state index is 12.1. The second kappa shape index (κ2) is 7.40. The Kier molecular flexibility index (Phi) is 4.85. The van der Waals surface area contributed by atoms with E-state index in [-0.39, 0.29) is 18.9 Å². The van der Waals surface area contributed by atoms with Gasteiger partial charge in [-0.1, -0.05) is 60.7 Å². The van der Waals surface area contributed by atoms with E-state index in [0.29, 0.717) is 5.56 Å². The normalized spacial score (nSPS) is 10.3. The summed E-state index contributed by atoms with van der Waals surface area (Å²) >= 11 is 0. The molecule has 0 aliphatic carbocycles. The number of benzene rings is 3. The zero-order chi connectivity index (χ0) is 16.8. The first-order valence-corrected chi connectivity index (χ1v) is 7.63. The van der Waals surface area contributed by atoms with Crippen LogP contribution < -0.4 is 5.48 Å². The molecule has 0 aliphatic rings. The molecule has 0 atom stereocenters. The summed E-state index contributed by atoms with van der Waals surface area (Å²) in [5, 5.41) is 11.2. The third-order valence-corrected chi connectivity index (χ3v) is 3.78. The molecular formula is C20H16N2O2. The highest BCUT2D eigenvalue weighted by molar-refractivity contribution is 5.89. The lowest BCUT2D eigenvalue weighted by molar-refractivity contribution is -0.133. The molecule has 0 fully saturated rings. The van der Waals surface area contributed by atoms with Gasteiger partial charge in [-0.05, 0) is 28.0 Å². The molecule has 118 valence electrons. The molecule has 0 spiro atoms. The zero-order valence-electron chi connectivity index (χ0n) is 13.0. The second-order valence-electron chi connectivity index (χ2n) is 5.40. The number of carbonyl (C=O) groups excluding carboxylic acids is 1. The van der Waals surface area contributed by atoms with Crippen molar-refractivity contribution in [3.05, 3.63) is 83.4 Å². The van der Waals surface area contributed by atoms with Gasteiger partial charge in [-0.25, -0.2) is 5.48 Å². The Morgan fingerprint density at radius 1 is 0.958 bits per heavy atom. The van der Waals surface area contributed by atoms with Gasteiger partial charge < -0.3 is 0 Å². The van der Waals surface area contributed by atoms with E-state index in [4.69, 9.17) is 10.1 Å². The lowest BCUT2D eigenvalue weighted by Gasteiger charge is -2.09. The van der Waals surface area contributed by atoms with Crippen molar-refractivity contribution >= 4 is 16.7 Å². The van der Waals surface area contributed by atoms with Crippen LogP contribution in [0.15, 0.2) is 66.7 Å². The van der Waals surface area contributed by atoms with E-state index < -0.39 is 0 Å². The number of nitrogens with one attached hydrogen (secondary N) is 1. The van der Waals surface area contributed by atoms with Gasteiger partial charge in [0.2, 0.25) is 5.91 Å². The highest BCUT2D eigenvalue weighted by atomic mass is 16.6. The molecule has 0 bridgehead atoms. The smallest absolute Gasteiger partial charge is 0.247 e. The van der Waals surface area contributed by atoms with Crippen LogP contribution in [0.5, 0.6) is 0 Å². The van der Waals surface area contributed by atoms with Crippen LogP contribution in [0.3, 0.4) is 0 Å². The fourth-order valence-electron chi connectivity index (χ4n) is 2.61. The van der Waals surface area contributed by atoms with E-state index >= 15 is 0 Å². The zero-order valence-corrected chi connectivity index (χ0v) is 13.0. The quantitative estimate of drug-likeness (QED) is 0.733. The number of rotatable bonds is 5. The van der Waals surface area contributed by atoms with Crippen LogP contribution in [-0.4, -0.2) is 5.91 Å². The molecule has 1 N–H and O–H groups in total. The van der Waals surface area contributed by atoms with Crippen molar-refractivity contribution in [1.82, 2.24) is 5.48 Å². The van der Waals surface area contributed by atoms with Crippen LogP contribution in [0.4, 0.5) is 0 Å². The van der Waals surface area contributed by atoms with Gasteiger partial charge >= 0.3 is 0 Å². The van der Waals surface area contributed by atoms with E-state index in [9.17, 15) is 4.79 Å². The molecule has 0 saturated heterocycles. The Hall–Kier alpha value is -3.16. The molecule has 0 aromatic heterocycles. The number of nitrogens with zero attached hydrogens (tertiary/aromatic N) is 1. The maximum Gasteiger partial charge on any atom is 0.247 e. The van der Waals surface area contributed by atoms with E-state index in [0.717, 1.165) is 21.9 Å². The van der Waals surface area contributed by atoms with Crippen LogP contribution in [-0.2, 0) is 22.7 Å². The standard InChI is InChI=1S/C20H16N2O2/c21-13-17-7-1-2-8-18(17)14-24-22-20(23)12-16-10-5-9-15-6-3-4-11-19(15)16/h1-11H,12,14H2,(H,22,23). The van der Waals surface area contributed by atoms with Crippen LogP contribution in [0.2, 0.25) is 0 Å². The van der Waals surface area contributed by atoms with Crippen LogP contribution >= 0.6 is 0 Å². The first kappa shape index (κ1) is 15.7. The first-order chi connectivity index (χ1) is 11.8. The minimum atomic E-state index is -0.221. The summed E-state index contributed by atoms with van der Waals surface area (Å²) in [4.78, 5) is 17.4. The van der Waals surface area contributed by atoms with E-state index in [1.807, 2.05) is 48.5 Å². The summed E-state index contributed by atoms with van der Waals surface area (Å²) in [6.07, 6.45) is 0.237. The van der Waals surface area contributed by atoms with Crippen molar-refractivity contribution in [1.29, 1.82) is 5.26 Å². The Bertz CT molecular complexity index is 907. The average Bonchev–Trinajstić information content (AvgIpc) is 2.62. The molecule has 0 radical (unpaired) electrons. The number of nitriles is 1. The van der Waals surface area contributed by atoms with Gasteiger partial charge in [0, 0.05) is 0 Å². The summed E-state index contributed by atoms with van der Waals surface area (Å²) in [6.45, 7) is 0.158. The molecular weight excluding hydrogens is 300 g/mol. The maximum absolute atomic E-state index is 12.1. The van der Waals surface area contributed by atoms with Crippen molar-refractivity contribution in [2.24, 2.45) is 0 Å². The molecule has 0 aliphatic heterocycles. The van der Waals surface area contributed by atoms with E-state index in [1.165, 1.54) is 0 Å². The van der Waals surface area contributed by atoms with Gasteiger partial charge in [-0.15, -0.1) is 0 Å². The summed E-state index contributed by atoms with van der Waals surface area (Å²) in [6, 6.07) is 23.1. The summed E-state index contributed by atoms with van der Waals surface area (Å²) in [5.74, 6) is -0.221. The van der Waals surface area contributed by atoms with Crippen molar-refractivity contribution in [3.8, 4) is 6.07 Å². The molecule has 0 unspecified atom stereocenters. The van der Waals surface area contributed by atoms with Gasteiger partial charge in [-0.2, -0.15) is 5.26 Å². The molecule has 1 amide bonds. The van der Waals surface area contributed by atoms with Crippen LogP contribution in [0.25, 0.3) is 10.8 Å². The number of hydrogen-bond donors (Lipinski definition) is 1. The fraction of sp³-hybridized carbons (Fsp3) is 0.100. The fourth-order valence-corrected chi connectivity index (χ4v) is 2.61. The highest BCUT2D eigenvalue weighted by Gasteiger charge is 2.07. The predicted molar refractivity (Wildman–Crippen MR) is 91.7 cm³/mol. The summed E-state index contributed by atoms with van der Waals surface area (Å²) in [5.41, 5.74) is 4.68. The molecule has 3 aromatic carbocycles. The third kappa shape index (κ3) is 3.60. The molecule has 3 aromatic rings. The van der Waals surface area contributed by atoms with Gasteiger partial charge in [0.1, 0.15) is 6.61 Å². The average molecular weight is 316 g/mol. The lowest BCUT2D eigenvalue weighted by atomic mass is 10.0. The molecule has 3 rings (SSSR count). The highest BCUT2D eigenvalue weighted by Crippen LogP contribution is 2.18. The van der Waals surface area contributed by atoms with E-state index in [1.54, 1.807) is 18.2 Å². The number of amides is 1. The Morgan fingerprint density at radius 2 is 1.67 bits per heavy atom. The van der Waals surface area contributed by atoms with Crippen LogP contribution in [0.1, 0.15) is 16.7 Å². The lowest BCUT2D eigenvalue weighted by Crippen LogP contribution is -2.25. The summed E-state index contributed by atoms with van der Waals surface area (Å²) < 4.78 is 0. The van der Waals surface area contributed by atoms with Gasteiger partial charge in [0.25, 0.3) is 0 Å². The molecule has 4 heteroatoms. The van der Waals surface area contributed by atoms with Crippen molar-refractivity contribution in [3.63, 3.8) is 0 Å². The largest absolute Gasteiger partial charge is 0.272 e. The molecule has 0 heterocycles. The van der Waals surface area contributed by atoms with Crippen LogP contribution in [0, 0.1) is 11.3 Å². The van der Waals surface area contributed by atoms with Crippen molar-refractivity contribution in [2.75, 3.05) is 0 Å². The second-order valence-corrected chi connectivity index (χ2v) is 5.40. The third-order valence-electron chi connectivity index (χ3n) is 3.78. The molecule has 0 saturated carbocycles. The minimum absolute atomic E-state index is 0.158. The van der Waals surface area contributed by atoms with Crippen molar-refractivity contribution in [2.45, 2.75) is 13.0 Å². The molecule has 24 heavy (non-hydrogen) atoms. The Balaban J connectivity index is 1.61. The van der Waals surface area contributed by atoms with E-state index in [2.05, 4.69) is 11.5 Å². The number of hydroxylamine groups is 1. The molecule has 4 nitrogen and oxygen atoms in total. The number of fused-ring (bicyclic) bond motifs is 1. The Morgan fingerprint density at radius 3 is 2.54 bits per heavy atom. The minimum Gasteiger partial charge on any atom is -0.272 e. The van der Waals surface area contributed by atoms with Gasteiger partial charge in [0.05, 0.1) is 18.1 Å². The SMILES string of the molecule is N#Cc1ccccc1CONC(=O)Cc1cccc2ccccc12. The topological polar surface area (TPSA) is 62.1 Å². The number of carbonyl (C=O) groups is 1. The van der Waals surface area contributed by atoms with Gasteiger partial charge in [0.15, 0.2) is 0 Å². The summed E-state index contributed by atoms with van der Waals surface area (Å²) in [7, 11) is 0. The Labute approximate surface area is 140 Å². The predicted octanol–water partition coefficient (Wildman–Crippen LogP) is 3.50. The first-order valence-electron chi connectivity index (χ1n) is 7.63. The van der Waals surface area contributed by atoms with Crippen molar-refractivity contribution < 1.29 is 9.63 Å². The number of hydrogen-bond acceptors (Lipinski definition) is 3. The monoisotopic (exact) mass is 316 g/mol.